The molecule has 0 bridgehead atoms. The van der Waals surface area contributed by atoms with E-state index >= 15 is 0 Å². The summed E-state index contributed by atoms with van der Waals surface area (Å²) >= 11 is 0. The van der Waals surface area contributed by atoms with E-state index in [2.05, 4.69) is 59.1 Å². The largest absolute Gasteiger partial charge is 0.391 e. The Morgan fingerprint density at radius 3 is 2.19 bits per heavy atom. The Bertz CT molecular complexity index is 471. The van der Waals surface area contributed by atoms with Gasteiger partial charge in [-0.3, -0.25) is 4.79 Å². The zero-order chi connectivity index (χ0) is 22.7. The van der Waals surface area contributed by atoms with Crippen molar-refractivity contribution in [2.24, 2.45) is 29.1 Å². The summed E-state index contributed by atoms with van der Waals surface area (Å²) in [5.41, 5.74) is 0.0668. The first-order valence-corrected chi connectivity index (χ1v) is 12.7. The zero-order valence-electron chi connectivity index (χ0n) is 21.5. The quantitative estimate of drug-likeness (QED) is 0.297. The van der Waals surface area contributed by atoms with Crippen LogP contribution in [0.2, 0.25) is 0 Å². The van der Waals surface area contributed by atoms with Gasteiger partial charge in [-0.2, -0.15) is 0 Å². The van der Waals surface area contributed by atoms with Crippen LogP contribution in [-0.2, 0) is 4.79 Å². The van der Waals surface area contributed by atoms with Gasteiger partial charge in [-0.1, -0.05) is 80.6 Å². The minimum atomic E-state index is -0.473. The topological polar surface area (TPSA) is 61.4 Å². The maximum Gasteiger partial charge on any atom is 0.223 e. The van der Waals surface area contributed by atoms with E-state index in [-0.39, 0.29) is 41.6 Å². The van der Waals surface area contributed by atoms with Gasteiger partial charge >= 0.3 is 0 Å². The van der Waals surface area contributed by atoms with Gasteiger partial charge in [0.05, 0.1) is 6.10 Å². The maximum absolute atomic E-state index is 12.9. The molecule has 0 aromatic carbocycles. The molecule has 0 heterocycles. The van der Waals surface area contributed by atoms with Crippen molar-refractivity contribution in [1.82, 2.24) is 10.6 Å². The third kappa shape index (κ3) is 13.7. The summed E-state index contributed by atoms with van der Waals surface area (Å²) in [5.74, 6) is 1.59. The van der Waals surface area contributed by atoms with Gasteiger partial charge in [0.25, 0.3) is 0 Å². The van der Waals surface area contributed by atoms with Crippen molar-refractivity contribution < 1.29 is 9.90 Å². The molecule has 1 fully saturated rings. The third-order valence-corrected chi connectivity index (χ3v) is 6.57. The first-order chi connectivity index (χ1) is 14.0. The molecule has 4 nitrogen and oxygen atoms in total. The standard InChI is InChI=1S/C26H52N2O2.ClH/c1-19(2)12-11-15-27-23(16-21-13-9-8-10-14-21)24(29)17-22(20(3)4)25(30)28-18-26(5,6)7;/h19-24,27,29H,8-18H2,1-7H3,(H,28,30);1H. The smallest absolute Gasteiger partial charge is 0.223 e. The van der Waals surface area contributed by atoms with Crippen LogP contribution in [-0.4, -0.2) is 36.2 Å². The highest BCUT2D eigenvalue weighted by Gasteiger charge is 2.31. The molecule has 3 atom stereocenters. The van der Waals surface area contributed by atoms with E-state index in [1.165, 1.54) is 38.5 Å². The van der Waals surface area contributed by atoms with Crippen molar-refractivity contribution in [2.75, 3.05) is 13.1 Å². The van der Waals surface area contributed by atoms with Crippen molar-refractivity contribution in [2.45, 2.75) is 118 Å². The molecule has 1 amide bonds. The first kappa shape index (κ1) is 30.7. The average Bonchev–Trinajstić information content (AvgIpc) is 2.66. The van der Waals surface area contributed by atoms with Gasteiger partial charge in [0.2, 0.25) is 5.91 Å². The second-order valence-electron chi connectivity index (χ2n) is 11.8. The lowest BCUT2D eigenvalue weighted by molar-refractivity contribution is -0.128. The molecule has 5 heteroatoms. The summed E-state index contributed by atoms with van der Waals surface area (Å²) in [5, 5.41) is 18.0. The molecule has 1 saturated carbocycles. The number of aliphatic hydroxyl groups is 1. The molecule has 31 heavy (non-hydrogen) atoms. The van der Waals surface area contributed by atoms with E-state index in [0.717, 1.165) is 19.4 Å². The highest BCUT2D eigenvalue weighted by molar-refractivity contribution is 5.85. The lowest BCUT2D eigenvalue weighted by atomic mass is 9.81. The second kappa shape index (κ2) is 15.5. The Balaban J connectivity index is 0.00000900. The first-order valence-electron chi connectivity index (χ1n) is 12.7. The predicted molar refractivity (Wildman–Crippen MR) is 136 cm³/mol. The summed E-state index contributed by atoms with van der Waals surface area (Å²) in [4.78, 5) is 12.9. The molecule has 3 N–H and O–H groups in total. The van der Waals surface area contributed by atoms with E-state index in [0.29, 0.717) is 24.8 Å². The van der Waals surface area contributed by atoms with Crippen molar-refractivity contribution in [3.8, 4) is 0 Å². The average molecular weight is 461 g/mol. The fourth-order valence-corrected chi connectivity index (χ4v) is 4.55. The fourth-order valence-electron chi connectivity index (χ4n) is 4.55. The van der Waals surface area contributed by atoms with Crippen molar-refractivity contribution in [3.05, 3.63) is 0 Å². The minimum absolute atomic E-state index is 0. The molecule has 0 aliphatic heterocycles. The van der Waals surface area contributed by atoms with Crippen LogP contribution < -0.4 is 10.6 Å². The molecule has 0 saturated heterocycles. The number of carbonyl (C=O) groups is 1. The predicted octanol–water partition coefficient (Wildman–Crippen LogP) is 5.96. The molecule has 0 aromatic rings. The second-order valence-corrected chi connectivity index (χ2v) is 11.8. The molecule has 1 aliphatic carbocycles. The van der Waals surface area contributed by atoms with E-state index in [1.807, 2.05) is 0 Å². The molecule has 3 unspecified atom stereocenters. The summed E-state index contributed by atoms with van der Waals surface area (Å²) in [7, 11) is 0. The molecule has 0 aromatic heterocycles. The summed E-state index contributed by atoms with van der Waals surface area (Å²) < 4.78 is 0. The Morgan fingerprint density at radius 1 is 1.06 bits per heavy atom. The SMILES string of the molecule is CC(C)CCCNC(CC1CCCCC1)C(O)CC(C(=O)NCC(C)(C)C)C(C)C.Cl. The Morgan fingerprint density at radius 2 is 1.68 bits per heavy atom. The number of carbonyl (C=O) groups excluding carboxylic acids is 1. The van der Waals surface area contributed by atoms with Crippen LogP contribution in [0, 0.1) is 29.1 Å². The minimum Gasteiger partial charge on any atom is -0.391 e. The Hall–Kier alpha value is -0.320. The number of rotatable bonds is 13. The lowest BCUT2D eigenvalue weighted by Crippen LogP contribution is -2.46. The number of aliphatic hydroxyl groups excluding tert-OH is 1. The molecular formula is C26H53ClN2O2. The number of hydrogen-bond acceptors (Lipinski definition) is 3. The van der Waals surface area contributed by atoms with Crippen molar-refractivity contribution in [3.63, 3.8) is 0 Å². The fraction of sp³-hybridized carbons (Fsp3) is 0.962. The van der Waals surface area contributed by atoms with E-state index in [9.17, 15) is 9.90 Å². The summed E-state index contributed by atoms with van der Waals surface area (Å²) in [6.45, 7) is 16.7. The monoisotopic (exact) mass is 460 g/mol. The molecule has 0 radical (unpaired) electrons. The molecule has 0 spiro atoms. The highest BCUT2D eigenvalue weighted by atomic mass is 35.5. The number of nitrogens with one attached hydrogen (secondary N) is 2. The van der Waals surface area contributed by atoms with Crippen molar-refractivity contribution >= 4 is 18.3 Å². The zero-order valence-corrected chi connectivity index (χ0v) is 22.3. The van der Waals surface area contributed by atoms with Crippen LogP contribution in [0.1, 0.15) is 106 Å². The Kier molecular flexibility index (Phi) is 15.3. The van der Waals surface area contributed by atoms with E-state index in [1.54, 1.807) is 0 Å². The van der Waals surface area contributed by atoms with Gasteiger partial charge in [-0.15, -0.1) is 12.4 Å². The van der Waals surface area contributed by atoms with Gasteiger partial charge in [-0.25, -0.2) is 0 Å². The van der Waals surface area contributed by atoms with Crippen LogP contribution >= 0.6 is 12.4 Å². The molecule has 1 rings (SSSR count). The van der Waals surface area contributed by atoms with Gasteiger partial charge < -0.3 is 15.7 Å². The van der Waals surface area contributed by atoms with Crippen LogP contribution in [0.4, 0.5) is 0 Å². The van der Waals surface area contributed by atoms with Crippen LogP contribution in [0.3, 0.4) is 0 Å². The summed E-state index contributed by atoms with van der Waals surface area (Å²) in [6.07, 6.45) is 10.0. The van der Waals surface area contributed by atoms with Gasteiger partial charge in [0.1, 0.15) is 0 Å². The number of halogens is 1. The molecule has 186 valence electrons. The van der Waals surface area contributed by atoms with Gasteiger partial charge in [-0.05, 0) is 55.4 Å². The van der Waals surface area contributed by atoms with Crippen molar-refractivity contribution in [1.29, 1.82) is 0 Å². The Labute approximate surface area is 199 Å². The van der Waals surface area contributed by atoms with Crippen LogP contribution in [0.15, 0.2) is 0 Å². The van der Waals surface area contributed by atoms with Gasteiger partial charge in [0.15, 0.2) is 0 Å². The normalized spacial score (nSPS) is 18.5. The lowest BCUT2D eigenvalue weighted by Gasteiger charge is -2.33. The number of hydrogen-bond donors (Lipinski definition) is 3. The molecule has 1 aliphatic rings. The van der Waals surface area contributed by atoms with Crippen LogP contribution in [0.5, 0.6) is 0 Å². The summed E-state index contributed by atoms with van der Waals surface area (Å²) in [6, 6.07) is 0.0944. The van der Waals surface area contributed by atoms with E-state index < -0.39 is 6.10 Å². The third-order valence-electron chi connectivity index (χ3n) is 6.57. The van der Waals surface area contributed by atoms with Crippen LogP contribution in [0.25, 0.3) is 0 Å². The number of amides is 1. The molecular weight excluding hydrogens is 408 g/mol. The van der Waals surface area contributed by atoms with Gasteiger partial charge in [0, 0.05) is 18.5 Å². The van der Waals surface area contributed by atoms with E-state index in [4.69, 9.17) is 0 Å². The highest BCUT2D eigenvalue weighted by Crippen LogP contribution is 2.29. The maximum atomic E-state index is 12.9.